The van der Waals surface area contributed by atoms with Gasteiger partial charge in [0.15, 0.2) is 5.11 Å². The summed E-state index contributed by atoms with van der Waals surface area (Å²) in [5, 5.41) is 7.06. The van der Waals surface area contributed by atoms with Gasteiger partial charge >= 0.3 is 0 Å². The fraction of sp³-hybridized carbons (Fsp3) is 0.370. The molecular weight excluding hydrogens is 440 g/mol. The lowest BCUT2D eigenvalue weighted by Gasteiger charge is -2.34. The Balaban J connectivity index is 1.37. The smallest absolute Gasteiger partial charge is 0.232 e. The first kappa shape index (κ1) is 22.6. The molecule has 34 heavy (non-hydrogen) atoms. The molecule has 0 aliphatic carbocycles. The molecule has 0 bridgehead atoms. The molecule has 1 saturated heterocycles. The third-order valence-corrected chi connectivity index (χ3v) is 6.90. The molecule has 1 fully saturated rings. The van der Waals surface area contributed by atoms with E-state index in [1.807, 2.05) is 18.2 Å². The van der Waals surface area contributed by atoms with Crippen molar-refractivity contribution in [3.05, 3.63) is 77.4 Å². The first-order chi connectivity index (χ1) is 16.6. The van der Waals surface area contributed by atoms with Crippen molar-refractivity contribution in [1.29, 1.82) is 0 Å². The maximum absolute atomic E-state index is 5.58. The highest BCUT2D eigenvalue weighted by Crippen LogP contribution is 2.29. The maximum Gasteiger partial charge on any atom is 0.232 e. The Kier molecular flexibility index (Phi) is 6.90. The molecule has 176 valence electrons. The van der Waals surface area contributed by atoms with Gasteiger partial charge in [-0.2, -0.15) is 9.97 Å². The molecule has 1 aromatic heterocycles. The van der Waals surface area contributed by atoms with Gasteiger partial charge in [0.25, 0.3) is 0 Å². The van der Waals surface area contributed by atoms with Gasteiger partial charge in [-0.15, -0.1) is 0 Å². The summed E-state index contributed by atoms with van der Waals surface area (Å²) in [6.07, 6.45) is 3.49. The maximum atomic E-state index is 5.58. The second kappa shape index (κ2) is 10.4. The molecule has 0 amide bonds. The fourth-order valence-electron chi connectivity index (χ4n) is 4.81. The van der Waals surface area contributed by atoms with Crippen molar-refractivity contribution >= 4 is 34.9 Å². The number of benzene rings is 2. The molecule has 2 aliphatic rings. The molecule has 6 nitrogen and oxygen atoms in total. The Morgan fingerprint density at radius 2 is 1.71 bits per heavy atom. The number of nitrogens with one attached hydrogen (secondary N) is 2. The zero-order chi connectivity index (χ0) is 23.3. The van der Waals surface area contributed by atoms with Crippen molar-refractivity contribution in [2.45, 2.75) is 39.3 Å². The van der Waals surface area contributed by atoms with Crippen molar-refractivity contribution in [1.82, 2.24) is 15.3 Å². The molecule has 0 saturated carbocycles. The number of nitrogens with zero attached hydrogens (tertiary/aromatic N) is 4. The summed E-state index contributed by atoms with van der Waals surface area (Å²) in [6.45, 7) is 6.83. The summed E-state index contributed by atoms with van der Waals surface area (Å²) < 4.78 is 0. The number of fused-ring (bicyclic) bond motifs is 1. The molecule has 0 spiro atoms. The van der Waals surface area contributed by atoms with Crippen LogP contribution in [0.1, 0.15) is 36.5 Å². The van der Waals surface area contributed by atoms with Gasteiger partial charge in [0.2, 0.25) is 5.95 Å². The fourth-order valence-corrected chi connectivity index (χ4v) is 4.98. The molecule has 5 rings (SSSR count). The number of thiocarbonyl (C=S) groups is 1. The molecule has 2 N–H and O–H groups in total. The highest BCUT2D eigenvalue weighted by Gasteiger charge is 2.23. The molecule has 2 aromatic carbocycles. The predicted molar refractivity (Wildman–Crippen MR) is 143 cm³/mol. The molecular formula is C27H32N6S. The molecule has 2 aliphatic heterocycles. The SMILES string of the molecule is C[C@H]1CCCN(c2cc(N3CCc4ccccc4C3)nc(NC(=S)NCc3ccccc3)n2)C1. The Morgan fingerprint density at radius 3 is 2.50 bits per heavy atom. The lowest BCUT2D eigenvalue weighted by Crippen LogP contribution is -2.36. The molecule has 1 atom stereocenters. The van der Waals surface area contributed by atoms with E-state index >= 15 is 0 Å². The van der Waals surface area contributed by atoms with Crippen LogP contribution in [0.4, 0.5) is 17.6 Å². The Bertz CT molecular complexity index is 1130. The number of hydrogen-bond donors (Lipinski definition) is 2. The average Bonchev–Trinajstić information content (AvgIpc) is 2.87. The minimum Gasteiger partial charge on any atom is -0.358 e. The number of aromatic nitrogens is 2. The van der Waals surface area contributed by atoms with E-state index in [-0.39, 0.29) is 0 Å². The lowest BCUT2D eigenvalue weighted by atomic mass is 10.00. The van der Waals surface area contributed by atoms with Crippen LogP contribution in [0.3, 0.4) is 0 Å². The zero-order valence-electron chi connectivity index (χ0n) is 19.7. The average molecular weight is 473 g/mol. The lowest BCUT2D eigenvalue weighted by molar-refractivity contribution is 0.444. The second-order valence-electron chi connectivity index (χ2n) is 9.33. The first-order valence-corrected chi connectivity index (χ1v) is 12.6. The van der Waals surface area contributed by atoms with Gasteiger partial charge in [-0.1, -0.05) is 61.5 Å². The largest absolute Gasteiger partial charge is 0.358 e. The molecule has 3 heterocycles. The van der Waals surface area contributed by atoms with Crippen LogP contribution in [-0.4, -0.2) is 34.7 Å². The number of hydrogen-bond acceptors (Lipinski definition) is 5. The number of piperidine rings is 1. The van der Waals surface area contributed by atoms with Crippen molar-refractivity contribution in [3.8, 4) is 0 Å². The van der Waals surface area contributed by atoms with Crippen LogP contribution in [0.15, 0.2) is 60.7 Å². The van der Waals surface area contributed by atoms with Crippen LogP contribution in [-0.2, 0) is 19.5 Å². The van der Waals surface area contributed by atoms with E-state index in [9.17, 15) is 0 Å². The number of anilines is 3. The van der Waals surface area contributed by atoms with Crippen LogP contribution in [0.2, 0.25) is 0 Å². The van der Waals surface area contributed by atoms with E-state index in [2.05, 4.69) is 69.8 Å². The van der Waals surface area contributed by atoms with E-state index in [0.717, 1.165) is 44.2 Å². The second-order valence-corrected chi connectivity index (χ2v) is 9.74. The molecule has 0 radical (unpaired) electrons. The Morgan fingerprint density at radius 1 is 0.971 bits per heavy atom. The quantitative estimate of drug-likeness (QED) is 0.519. The van der Waals surface area contributed by atoms with Gasteiger partial charge in [-0.25, -0.2) is 0 Å². The first-order valence-electron chi connectivity index (χ1n) is 12.2. The van der Waals surface area contributed by atoms with Gasteiger partial charge in [0.05, 0.1) is 0 Å². The standard InChI is InChI=1S/C27H32N6S/c1-20-8-7-14-32(18-20)24-16-25(33-15-13-22-11-5-6-12-23(22)19-33)30-26(29-24)31-27(34)28-17-21-9-3-2-4-10-21/h2-6,9-12,16,20H,7-8,13-15,17-19H2,1H3,(H2,28,29,30,31,34)/t20-/m0/s1. The van der Waals surface area contributed by atoms with Gasteiger partial charge in [-0.3, -0.25) is 0 Å². The Hall–Kier alpha value is -3.19. The highest BCUT2D eigenvalue weighted by atomic mass is 32.1. The summed E-state index contributed by atoms with van der Waals surface area (Å²) in [4.78, 5) is 14.5. The number of rotatable bonds is 5. The predicted octanol–water partition coefficient (Wildman–Crippen LogP) is 4.76. The summed E-state index contributed by atoms with van der Waals surface area (Å²) in [5.41, 5.74) is 3.98. The molecule has 0 unspecified atom stereocenters. The third kappa shape index (κ3) is 5.47. The molecule has 3 aromatic rings. The normalized spacial score (nSPS) is 17.7. The monoisotopic (exact) mass is 472 g/mol. The summed E-state index contributed by atoms with van der Waals surface area (Å²) in [7, 11) is 0. The van der Waals surface area contributed by atoms with E-state index < -0.39 is 0 Å². The third-order valence-electron chi connectivity index (χ3n) is 6.66. The van der Waals surface area contributed by atoms with Crippen LogP contribution >= 0.6 is 12.2 Å². The van der Waals surface area contributed by atoms with Crippen molar-refractivity contribution in [3.63, 3.8) is 0 Å². The van der Waals surface area contributed by atoms with E-state index in [1.165, 1.54) is 29.5 Å². The van der Waals surface area contributed by atoms with Crippen LogP contribution < -0.4 is 20.4 Å². The molecule has 7 heteroatoms. The van der Waals surface area contributed by atoms with Gasteiger partial charge in [0, 0.05) is 38.8 Å². The Labute approximate surface area is 207 Å². The summed E-state index contributed by atoms with van der Waals surface area (Å²) >= 11 is 5.58. The van der Waals surface area contributed by atoms with Gasteiger partial charge in [-0.05, 0) is 54.1 Å². The van der Waals surface area contributed by atoms with Gasteiger partial charge in [0.1, 0.15) is 11.6 Å². The topological polar surface area (TPSA) is 56.3 Å². The van der Waals surface area contributed by atoms with E-state index in [1.54, 1.807) is 0 Å². The van der Waals surface area contributed by atoms with E-state index in [0.29, 0.717) is 23.5 Å². The van der Waals surface area contributed by atoms with Crippen LogP contribution in [0, 0.1) is 5.92 Å². The minimum absolute atomic E-state index is 0.531. The summed E-state index contributed by atoms with van der Waals surface area (Å²) in [5.74, 6) is 3.14. The van der Waals surface area contributed by atoms with Crippen molar-refractivity contribution < 1.29 is 0 Å². The van der Waals surface area contributed by atoms with Crippen molar-refractivity contribution in [2.75, 3.05) is 34.8 Å². The zero-order valence-corrected chi connectivity index (χ0v) is 20.5. The van der Waals surface area contributed by atoms with Gasteiger partial charge < -0.3 is 20.4 Å². The van der Waals surface area contributed by atoms with Crippen LogP contribution in [0.25, 0.3) is 0 Å². The van der Waals surface area contributed by atoms with Crippen molar-refractivity contribution in [2.24, 2.45) is 5.92 Å². The van der Waals surface area contributed by atoms with Crippen LogP contribution in [0.5, 0.6) is 0 Å². The minimum atomic E-state index is 0.531. The highest BCUT2D eigenvalue weighted by molar-refractivity contribution is 7.80. The van der Waals surface area contributed by atoms with E-state index in [4.69, 9.17) is 22.2 Å². The summed E-state index contributed by atoms with van der Waals surface area (Å²) in [6, 6.07) is 21.1.